The fourth-order valence-electron chi connectivity index (χ4n) is 3.06. The zero-order valence-electron chi connectivity index (χ0n) is 16.1. The van der Waals surface area contributed by atoms with Gasteiger partial charge in [0.15, 0.2) is 0 Å². The minimum Gasteiger partial charge on any atom is -0.443 e. The van der Waals surface area contributed by atoms with Crippen molar-refractivity contribution in [2.75, 3.05) is 6.61 Å². The fourth-order valence-corrected chi connectivity index (χ4v) is 3.06. The predicted octanol–water partition coefficient (Wildman–Crippen LogP) is 3.87. The van der Waals surface area contributed by atoms with Crippen LogP contribution in [0.15, 0.2) is 42.7 Å². The molecule has 0 radical (unpaired) electrons. The Labute approximate surface area is 177 Å². The van der Waals surface area contributed by atoms with Crippen LogP contribution in [0.2, 0.25) is 0 Å². The van der Waals surface area contributed by atoms with Gasteiger partial charge in [0.1, 0.15) is 30.5 Å². The zero-order valence-corrected chi connectivity index (χ0v) is 16.1. The smallest absolute Gasteiger partial charge is 0.443 e. The highest BCUT2D eigenvalue weighted by atomic mass is 19.4. The van der Waals surface area contributed by atoms with Crippen molar-refractivity contribution >= 4 is 5.82 Å². The number of nitro groups is 1. The van der Waals surface area contributed by atoms with E-state index in [0.717, 1.165) is 6.07 Å². The molecular formula is C19H14F4N4O5. The summed E-state index contributed by atoms with van der Waals surface area (Å²) in [5.41, 5.74) is 0.948. The lowest BCUT2D eigenvalue weighted by molar-refractivity contribution is -0.389. The maximum Gasteiger partial charge on any atom is 0.573 e. The summed E-state index contributed by atoms with van der Waals surface area (Å²) in [6.07, 6.45) is -2.67. The molecule has 0 saturated carbocycles. The molecular weight excluding hydrogens is 440 g/mol. The predicted molar refractivity (Wildman–Crippen MR) is 99.3 cm³/mol. The van der Waals surface area contributed by atoms with Crippen molar-refractivity contribution in [3.63, 3.8) is 0 Å². The maximum absolute atomic E-state index is 14.2. The Hall–Kier alpha value is -3.74. The van der Waals surface area contributed by atoms with E-state index in [1.165, 1.54) is 23.0 Å². The average molecular weight is 454 g/mol. The highest BCUT2D eigenvalue weighted by Gasteiger charge is 2.31. The number of hydrogen-bond donors (Lipinski definition) is 0. The van der Waals surface area contributed by atoms with Gasteiger partial charge < -0.3 is 24.3 Å². The summed E-state index contributed by atoms with van der Waals surface area (Å²) in [5, 5.41) is 10.8. The molecule has 0 unspecified atom stereocenters. The summed E-state index contributed by atoms with van der Waals surface area (Å²) in [7, 11) is 0. The monoisotopic (exact) mass is 454 g/mol. The van der Waals surface area contributed by atoms with E-state index in [1.54, 1.807) is 12.1 Å². The second kappa shape index (κ2) is 8.42. The van der Waals surface area contributed by atoms with Crippen LogP contribution in [0.5, 0.6) is 11.8 Å². The largest absolute Gasteiger partial charge is 0.573 e. The van der Waals surface area contributed by atoms with E-state index < -0.39 is 29.0 Å². The molecule has 0 spiro atoms. The number of hydrogen-bond acceptors (Lipinski definition) is 7. The Morgan fingerprint density at radius 3 is 2.75 bits per heavy atom. The Balaban J connectivity index is 1.37. The van der Waals surface area contributed by atoms with Crippen molar-refractivity contribution in [3.05, 3.63) is 64.4 Å². The first-order valence-corrected chi connectivity index (χ1v) is 9.14. The molecule has 3 heterocycles. The SMILES string of the molecule is O=[N+]([O-])c1cn2c(n1)OC[C@@H](OCc1ccc(-c3ccc(OC(F)(F)F)cc3F)cn1)C2. The molecule has 0 bridgehead atoms. The fraction of sp³-hybridized carbons (Fsp3) is 0.263. The van der Waals surface area contributed by atoms with E-state index in [1.807, 2.05) is 0 Å². The van der Waals surface area contributed by atoms with Crippen LogP contribution >= 0.6 is 0 Å². The molecule has 0 saturated heterocycles. The third-order valence-electron chi connectivity index (χ3n) is 4.49. The number of pyridine rings is 1. The highest BCUT2D eigenvalue weighted by molar-refractivity contribution is 5.64. The summed E-state index contributed by atoms with van der Waals surface area (Å²) in [6, 6.07) is 6.13. The van der Waals surface area contributed by atoms with E-state index in [9.17, 15) is 27.7 Å². The first-order valence-electron chi connectivity index (χ1n) is 9.14. The lowest BCUT2D eigenvalue weighted by Crippen LogP contribution is -2.32. The van der Waals surface area contributed by atoms with Crippen molar-refractivity contribution in [2.45, 2.75) is 25.6 Å². The van der Waals surface area contributed by atoms with Gasteiger partial charge in [-0.2, -0.15) is 0 Å². The van der Waals surface area contributed by atoms with Gasteiger partial charge >= 0.3 is 18.2 Å². The van der Waals surface area contributed by atoms with Gasteiger partial charge in [-0.25, -0.2) is 4.39 Å². The molecule has 1 aliphatic rings. The lowest BCUT2D eigenvalue weighted by atomic mass is 10.1. The van der Waals surface area contributed by atoms with Crippen LogP contribution in [0.3, 0.4) is 0 Å². The second-order valence-electron chi connectivity index (χ2n) is 6.76. The molecule has 168 valence electrons. The first kappa shape index (κ1) is 21.5. The third kappa shape index (κ3) is 4.94. The van der Waals surface area contributed by atoms with E-state index >= 15 is 0 Å². The molecule has 2 aromatic heterocycles. The van der Waals surface area contributed by atoms with E-state index in [2.05, 4.69) is 14.7 Å². The zero-order chi connectivity index (χ0) is 22.9. The lowest BCUT2D eigenvalue weighted by Gasteiger charge is -2.22. The minimum atomic E-state index is -4.91. The average Bonchev–Trinajstić information content (AvgIpc) is 3.16. The molecule has 0 aliphatic carbocycles. The van der Waals surface area contributed by atoms with Crippen LogP contribution in [-0.2, 0) is 17.9 Å². The number of rotatable bonds is 6. The molecule has 0 fully saturated rings. The standard InChI is InChI=1S/C19H14F4N4O5/c20-16-5-13(32-19(21,22)23)3-4-15(16)11-1-2-12(24-6-11)9-30-14-7-26-8-17(27(28)29)25-18(26)31-10-14/h1-6,8,14H,7,9-10H2/t14-/m0/s1. The van der Waals surface area contributed by atoms with Gasteiger partial charge in [-0.3, -0.25) is 9.55 Å². The molecule has 13 heteroatoms. The van der Waals surface area contributed by atoms with Crippen LogP contribution in [0.4, 0.5) is 23.4 Å². The molecule has 0 amide bonds. The number of imidazole rings is 1. The van der Waals surface area contributed by atoms with Crippen LogP contribution in [0, 0.1) is 15.9 Å². The number of nitrogens with zero attached hydrogens (tertiary/aromatic N) is 4. The van der Waals surface area contributed by atoms with E-state index in [0.29, 0.717) is 23.9 Å². The number of benzene rings is 1. The van der Waals surface area contributed by atoms with Crippen LogP contribution in [0.25, 0.3) is 11.1 Å². The summed E-state index contributed by atoms with van der Waals surface area (Å²) in [6.45, 7) is 0.566. The molecule has 9 nitrogen and oxygen atoms in total. The van der Waals surface area contributed by atoms with Crippen LogP contribution < -0.4 is 9.47 Å². The number of alkyl halides is 3. The van der Waals surface area contributed by atoms with Crippen molar-refractivity contribution in [1.82, 2.24) is 14.5 Å². The van der Waals surface area contributed by atoms with Crippen molar-refractivity contribution in [1.29, 1.82) is 0 Å². The number of aromatic nitrogens is 3. The number of halogens is 4. The van der Waals surface area contributed by atoms with Gasteiger partial charge in [-0.05, 0) is 23.1 Å². The maximum atomic E-state index is 14.2. The van der Waals surface area contributed by atoms with Gasteiger partial charge in [0.2, 0.25) is 0 Å². The highest BCUT2D eigenvalue weighted by Crippen LogP contribution is 2.29. The van der Waals surface area contributed by atoms with Crippen LogP contribution in [0.1, 0.15) is 5.69 Å². The van der Waals surface area contributed by atoms with Crippen molar-refractivity contribution in [3.8, 4) is 22.9 Å². The molecule has 4 rings (SSSR count). The molecule has 1 atom stereocenters. The normalized spacial score (nSPS) is 15.7. The third-order valence-corrected chi connectivity index (χ3v) is 4.49. The van der Waals surface area contributed by atoms with Gasteiger partial charge in [-0.1, -0.05) is 6.07 Å². The van der Waals surface area contributed by atoms with Crippen molar-refractivity contribution < 1.29 is 36.7 Å². The minimum absolute atomic E-state index is 0.0643. The Morgan fingerprint density at radius 1 is 1.28 bits per heavy atom. The van der Waals surface area contributed by atoms with Gasteiger partial charge in [0.05, 0.1) is 18.8 Å². The molecule has 0 N–H and O–H groups in total. The number of fused-ring (bicyclic) bond motifs is 1. The van der Waals surface area contributed by atoms with Crippen LogP contribution in [-0.4, -0.2) is 38.5 Å². The van der Waals surface area contributed by atoms with Gasteiger partial charge in [0.25, 0.3) is 0 Å². The molecule has 1 aliphatic heterocycles. The first-order chi connectivity index (χ1) is 15.2. The quantitative estimate of drug-likeness (QED) is 0.317. The Kier molecular flexibility index (Phi) is 5.65. The molecule has 32 heavy (non-hydrogen) atoms. The summed E-state index contributed by atoms with van der Waals surface area (Å²) >= 11 is 0. The summed E-state index contributed by atoms with van der Waals surface area (Å²) in [5.74, 6) is -1.86. The molecule has 3 aromatic rings. The van der Waals surface area contributed by atoms with Gasteiger partial charge in [-0.15, -0.1) is 13.2 Å². The van der Waals surface area contributed by atoms with Gasteiger partial charge in [0, 0.05) is 28.4 Å². The summed E-state index contributed by atoms with van der Waals surface area (Å²) < 4.78 is 67.2. The topological polar surface area (TPSA) is 102 Å². The Bertz CT molecular complexity index is 1130. The number of ether oxygens (including phenoxy) is 3. The summed E-state index contributed by atoms with van der Waals surface area (Å²) in [4.78, 5) is 18.1. The van der Waals surface area contributed by atoms with Crippen molar-refractivity contribution in [2.24, 2.45) is 0 Å². The van der Waals surface area contributed by atoms with E-state index in [-0.39, 0.29) is 30.6 Å². The second-order valence-corrected chi connectivity index (χ2v) is 6.76. The van der Waals surface area contributed by atoms with E-state index in [4.69, 9.17) is 9.47 Å². The Morgan fingerprint density at radius 2 is 2.09 bits per heavy atom. The molecule has 1 aromatic carbocycles.